The molecule has 1 rings (SSSR count). The van der Waals surface area contributed by atoms with Gasteiger partial charge in [0.25, 0.3) is 0 Å². The Bertz CT molecular complexity index is 180. The number of carbonyl (C=O) groups excluding carboxylic acids is 1. The van der Waals surface area contributed by atoms with E-state index in [2.05, 4.69) is 5.32 Å². The molecule has 3 N–H and O–H groups in total. The van der Waals surface area contributed by atoms with Gasteiger partial charge >= 0.3 is 0 Å². The lowest BCUT2D eigenvalue weighted by atomic mass is 10.1. The summed E-state index contributed by atoms with van der Waals surface area (Å²) in [5.74, 6) is 0.579. The average molecular weight is 184 g/mol. The largest absolute Gasteiger partial charge is 0.352 e. The van der Waals surface area contributed by atoms with Gasteiger partial charge in [-0.1, -0.05) is 13.8 Å². The van der Waals surface area contributed by atoms with Gasteiger partial charge in [0.05, 0.1) is 0 Å². The summed E-state index contributed by atoms with van der Waals surface area (Å²) in [5.41, 5.74) is 5.84. The van der Waals surface area contributed by atoms with Crippen LogP contribution in [-0.4, -0.2) is 18.0 Å². The SMILES string of the molecule is CC(C)CC(=O)NC1CCCC1N. The maximum Gasteiger partial charge on any atom is 0.220 e. The summed E-state index contributed by atoms with van der Waals surface area (Å²) in [6.07, 6.45) is 3.86. The Morgan fingerprint density at radius 1 is 1.54 bits per heavy atom. The fourth-order valence-corrected chi connectivity index (χ4v) is 1.80. The molecule has 0 saturated heterocycles. The fourth-order valence-electron chi connectivity index (χ4n) is 1.80. The molecule has 0 radical (unpaired) electrons. The molecule has 0 spiro atoms. The molecule has 0 aromatic carbocycles. The molecule has 3 heteroatoms. The molecule has 2 atom stereocenters. The summed E-state index contributed by atoms with van der Waals surface area (Å²) in [6, 6.07) is 0.405. The van der Waals surface area contributed by atoms with Crippen LogP contribution in [0, 0.1) is 5.92 Å². The van der Waals surface area contributed by atoms with E-state index in [0.717, 1.165) is 19.3 Å². The molecule has 0 bridgehead atoms. The number of amides is 1. The summed E-state index contributed by atoms with van der Waals surface area (Å²) in [7, 11) is 0. The van der Waals surface area contributed by atoms with Gasteiger partial charge in [0, 0.05) is 18.5 Å². The van der Waals surface area contributed by atoms with Gasteiger partial charge in [-0.3, -0.25) is 4.79 Å². The van der Waals surface area contributed by atoms with Crippen LogP contribution in [0.4, 0.5) is 0 Å². The van der Waals surface area contributed by atoms with Gasteiger partial charge in [-0.05, 0) is 25.2 Å². The Labute approximate surface area is 80.1 Å². The minimum atomic E-state index is 0.150. The van der Waals surface area contributed by atoms with Crippen LogP contribution in [0.1, 0.15) is 39.5 Å². The first-order valence-electron chi connectivity index (χ1n) is 5.14. The maximum atomic E-state index is 11.4. The van der Waals surface area contributed by atoms with Gasteiger partial charge in [0.15, 0.2) is 0 Å². The van der Waals surface area contributed by atoms with Crippen LogP contribution >= 0.6 is 0 Å². The van der Waals surface area contributed by atoms with E-state index in [0.29, 0.717) is 12.3 Å². The third kappa shape index (κ3) is 3.35. The van der Waals surface area contributed by atoms with Crippen LogP contribution < -0.4 is 11.1 Å². The van der Waals surface area contributed by atoms with Gasteiger partial charge < -0.3 is 11.1 Å². The minimum Gasteiger partial charge on any atom is -0.352 e. The molecule has 3 nitrogen and oxygen atoms in total. The van der Waals surface area contributed by atoms with Crippen LogP contribution in [-0.2, 0) is 4.79 Å². The summed E-state index contributed by atoms with van der Waals surface area (Å²) in [6.45, 7) is 4.10. The molecule has 0 aliphatic heterocycles. The second kappa shape index (κ2) is 4.61. The van der Waals surface area contributed by atoms with Crippen LogP contribution in [0.5, 0.6) is 0 Å². The fraction of sp³-hybridized carbons (Fsp3) is 0.900. The summed E-state index contributed by atoms with van der Waals surface area (Å²) in [5, 5.41) is 3.00. The number of rotatable bonds is 3. The second-order valence-corrected chi connectivity index (χ2v) is 4.37. The molecule has 13 heavy (non-hydrogen) atoms. The Hall–Kier alpha value is -0.570. The third-order valence-electron chi connectivity index (χ3n) is 2.51. The van der Waals surface area contributed by atoms with Gasteiger partial charge in [-0.15, -0.1) is 0 Å². The van der Waals surface area contributed by atoms with E-state index in [9.17, 15) is 4.79 Å². The molecule has 1 fully saturated rings. The lowest BCUT2D eigenvalue weighted by Gasteiger charge is -2.17. The first-order valence-corrected chi connectivity index (χ1v) is 5.14. The van der Waals surface area contributed by atoms with E-state index < -0.39 is 0 Å². The first-order chi connectivity index (χ1) is 6.09. The molecule has 1 amide bonds. The Morgan fingerprint density at radius 2 is 2.23 bits per heavy atom. The van der Waals surface area contributed by atoms with Crippen molar-refractivity contribution in [3.63, 3.8) is 0 Å². The number of carbonyl (C=O) groups is 1. The van der Waals surface area contributed by atoms with Gasteiger partial charge in [-0.25, -0.2) is 0 Å². The normalized spacial score (nSPS) is 28.0. The highest BCUT2D eigenvalue weighted by molar-refractivity contribution is 5.76. The number of nitrogens with one attached hydrogen (secondary N) is 1. The molecule has 2 unspecified atom stereocenters. The summed E-state index contributed by atoms with van der Waals surface area (Å²) in [4.78, 5) is 11.4. The van der Waals surface area contributed by atoms with Crippen LogP contribution in [0.2, 0.25) is 0 Å². The summed E-state index contributed by atoms with van der Waals surface area (Å²) < 4.78 is 0. The molecular formula is C10H20N2O. The van der Waals surface area contributed by atoms with E-state index in [4.69, 9.17) is 5.73 Å². The van der Waals surface area contributed by atoms with Crippen molar-refractivity contribution in [1.29, 1.82) is 0 Å². The van der Waals surface area contributed by atoms with E-state index >= 15 is 0 Å². The highest BCUT2D eigenvalue weighted by Crippen LogP contribution is 2.17. The maximum absolute atomic E-state index is 11.4. The van der Waals surface area contributed by atoms with Gasteiger partial charge in [-0.2, -0.15) is 0 Å². The van der Waals surface area contributed by atoms with E-state index in [1.54, 1.807) is 0 Å². The van der Waals surface area contributed by atoms with Crippen molar-refractivity contribution < 1.29 is 4.79 Å². The minimum absolute atomic E-state index is 0.150. The Kier molecular flexibility index (Phi) is 3.72. The van der Waals surface area contributed by atoms with Crippen molar-refractivity contribution in [2.45, 2.75) is 51.6 Å². The van der Waals surface area contributed by atoms with Crippen molar-refractivity contribution in [2.24, 2.45) is 11.7 Å². The second-order valence-electron chi connectivity index (χ2n) is 4.37. The molecule has 0 aromatic rings. The standard InChI is InChI=1S/C10H20N2O/c1-7(2)6-10(13)12-9-5-3-4-8(9)11/h7-9H,3-6,11H2,1-2H3,(H,12,13). The van der Waals surface area contributed by atoms with Crippen LogP contribution in [0.15, 0.2) is 0 Å². The monoisotopic (exact) mass is 184 g/mol. The first kappa shape index (κ1) is 10.5. The zero-order valence-corrected chi connectivity index (χ0v) is 8.55. The smallest absolute Gasteiger partial charge is 0.220 e. The van der Waals surface area contributed by atoms with Crippen molar-refractivity contribution in [1.82, 2.24) is 5.32 Å². The Morgan fingerprint density at radius 3 is 2.69 bits per heavy atom. The predicted octanol–water partition coefficient (Wildman–Crippen LogP) is 1.03. The van der Waals surface area contributed by atoms with Crippen molar-refractivity contribution in [3.05, 3.63) is 0 Å². The number of hydrogen-bond acceptors (Lipinski definition) is 2. The molecule has 0 heterocycles. The zero-order chi connectivity index (χ0) is 9.84. The molecule has 0 aromatic heterocycles. The highest BCUT2D eigenvalue weighted by Gasteiger charge is 2.25. The van der Waals surface area contributed by atoms with Gasteiger partial charge in [0.1, 0.15) is 0 Å². The molecule has 1 aliphatic rings. The number of hydrogen-bond donors (Lipinski definition) is 2. The van der Waals surface area contributed by atoms with Crippen molar-refractivity contribution >= 4 is 5.91 Å². The molecular weight excluding hydrogens is 164 g/mol. The lowest BCUT2D eigenvalue weighted by Crippen LogP contribution is -2.44. The third-order valence-corrected chi connectivity index (χ3v) is 2.51. The van der Waals surface area contributed by atoms with Crippen molar-refractivity contribution in [3.8, 4) is 0 Å². The van der Waals surface area contributed by atoms with Crippen LogP contribution in [0.3, 0.4) is 0 Å². The average Bonchev–Trinajstić information content (AvgIpc) is 2.34. The summed E-state index contributed by atoms with van der Waals surface area (Å²) >= 11 is 0. The van der Waals surface area contributed by atoms with Crippen LogP contribution in [0.25, 0.3) is 0 Å². The van der Waals surface area contributed by atoms with E-state index in [1.165, 1.54) is 0 Å². The predicted molar refractivity (Wildman–Crippen MR) is 53.2 cm³/mol. The Balaban J connectivity index is 2.27. The van der Waals surface area contributed by atoms with E-state index in [-0.39, 0.29) is 18.0 Å². The topological polar surface area (TPSA) is 55.1 Å². The molecule has 76 valence electrons. The van der Waals surface area contributed by atoms with E-state index in [1.807, 2.05) is 13.8 Å². The number of nitrogens with two attached hydrogens (primary N) is 1. The van der Waals surface area contributed by atoms with Gasteiger partial charge in [0.2, 0.25) is 5.91 Å². The lowest BCUT2D eigenvalue weighted by molar-refractivity contribution is -0.122. The molecule has 1 aliphatic carbocycles. The molecule has 1 saturated carbocycles. The zero-order valence-electron chi connectivity index (χ0n) is 8.55. The highest BCUT2D eigenvalue weighted by atomic mass is 16.1. The quantitative estimate of drug-likeness (QED) is 0.688. The van der Waals surface area contributed by atoms with Crippen molar-refractivity contribution in [2.75, 3.05) is 0 Å².